The van der Waals surface area contributed by atoms with Crippen molar-refractivity contribution in [3.8, 4) is 0 Å². The van der Waals surface area contributed by atoms with E-state index in [1.807, 2.05) is 6.07 Å². The van der Waals surface area contributed by atoms with E-state index in [0.717, 1.165) is 24.8 Å². The number of nitrogens with zero attached hydrogens (tertiary/aromatic N) is 1. The lowest BCUT2D eigenvalue weighted by atomic mass is 9.63. The number of aromatic nitrogens is 1. The number of rotatable bonds is 2. The molecule has 1 aromatic rings. The van der Waals surface area contributed by atoms with Crippen LogP contribution in [0, 0.1) is 11.8 Å². The second kappa shape index (κ2) is 5.72. The van der Waals surface area contributed by atoms with E-state index in [-0.39, 0.29) is 0 Å². The lowest BCUT2D eigenvalue weighted by Crippen LogP contribution is -2.43. The highest BCUT2D eigenvalue weighted by Gasteiger charge is 2.45. The van der Waals surface area contributed by atoms with Gasteiger partial charge in [0.1, 0.15) is 0 Å². The van der Waals surface area contributed by atoms with Crippen molar-refractivity contribution in [2.45, 2.75) is 63.4 Å². The highest BCUT2D eigenvalue weighted by atomic mass is 16.3. The molecule has 0 saturated heterocycles. The molecule has 2 saturated carbocycles. The third-order valence-corrected chi connectivity index (χ3v) is 5.48. The smallest absolute Gasteiger partial charge is 0.0962 e. The van der Waals surface area contributed by atoms with Crippen LogP contribution < -0.4 is 5.73 Å². The van der Waals surface area contributed by atoms with Gasteiger partial charge in [-0.1, -0.05) is 44.9 Å². The molecule has 0 amide bonds. The molecule has 3 rings (SSSR count). The van der Waals surface area contributed by atoms with Crippen LogP contribution in [0.4, 0.5) is 5.69 Å². The maximum atomic E-state index is 11.4. The minimum Gasteiger partial charge on any atom is -0.398 e. The summed E-state index contributed by atoms with van der Waals surface area (Å²) in [5.74, 6) is 1.02. The Kier molecular flexibility index (Phi) is 3.97. The first kappa shape index (κ1) is 13.9. The average molecular weight is 274 g/mol. The van der Waals surface area contributed by atoms with Crippen molar-refractivity contribution in [2.75, 3.05) is 5.73 Å². The topological polar surface area (TPSA) is 59.1 Å². The van der Waals surface area contributed by atoms with E-state index < -0.39 is 5.60 Å². The molecule has 110 valence electrons. The minimum atomic E-state index is -0.751. The van der Waals surface area contributed by atoms with Crippen LogP contribution in [0.1, 0.15) is 63.4 Å². The summed E-state index contributed by atoms with van der Waals surface area (Å²) >= 11 is 0. The highest BCUT2D eigenvalue weighted by molar-refractivity contribution is 5.48. The first-order valence-corrected chi connectivity index (χ1v) is 8.14. The number of nitrogen functional groups attached to an aromatic ring is 1. The Morgan fingerprint density at radius 2 is 1.85 bits per heavy atom. The van der Waals surface area contributed by atoms with Gasteiger partial charge in [0, 0.05) is 23.6 Å². The number of hydrogen-bond acceptors (Lipinski definition) is 3. The molecule has 2 aliphatic carbocycles. The van der Waals surface area contributed by atoms with Gasteiger partial charge in [-0.3, -0.25) is 4.98 Å². The predicted octanol–water partition coefficient (Wildman–Crippen LogP) is 3.62. The first-order chi connectivity index (χ1) is 9.72. The largest absolute Gasteiger partial charge is 0.398 e. The summed E-state index contributed by atoms with van der Waals surface area (Å²) in [6.07, 6.45) is 14.3. The molecular formula is C17H26N2O. The highest BCUT2D eigenvalue weighted by Crippen LogP contribution is 2.49. The van der Waals surface area contributed by atoms with Gasteiger partial charge in [-0.15, -0.1) is 0 Å². The number of nitrogens with two attached hydrogens (primary N) is 1. The Morgan fingerprint density at radius 1 is 1.10 bits per heavy atom. The third-order valence-electron chi connectivity index (χ3n) is 5.48. The molecule has 0 aliphatic heterocycles. The van der Waals surface area contributed by atoms with E-state index in [0.29, 0.717) is 17.5 Å². The molecule has 2 fully saturated rings. The van der Waals surface area contributed by atoms with Crippen LogP contribution in [0.3, 0.4) is 0 Å². The zero-order valence-electron chi connectivity index (χ0n) is 12.2. The summed E-state index contributed by atoms with van der Waals surface area (Å²) in [5, 5.41) is 11.4. The lowest BCUT2D eigenvalue weighted by molar-refractivity contribution is -0.0831. The molecule has 3 heteroatoms. The van der Waals surface area contributed by atoms with Gasteiger partial charge in [-0.2, -0.15) is 0 Å². The van der Waals surface area contributed by atoms with Gasteiger partial charge in [-0.05, 0) is 30.7 Å². The van der Waals surface area contributed by atoms with E-state index in [9.17, 15) is 5.11 Å². The number of pyridine rings is 1. The van der Waals surface area contributed by atoms with E-state index in [1.165, 1.54) is 38.5 Å². The van der Waals surface area contributed by atoms with Gasteiger partial charge < -0.3 is 10.8 Å². The molecule has 2 aliphatic rings. The fraction of sp³-hybridized carbons (Fsp3) is 0.706. The molecule has 0 aromatic carbocycles. The van der Waals surface area contributed by atoms with Gasteiger partial charge in [0.05, 0.1) is 5.60 Å². The Bertz CT molecular complexity index is 456. The quantitative estimate of drug-likeness (QED) is 0.866. The maximum absolute atomic E-state index is 11.4. The molecule has 1 aromatic heterocycles. The van der Waals surface area contributed by atoms with Crippen molar-refractivity contribution in [3.05, 3.63) is 24.0 Å². The van der Waals surface area contributed by atoms with Crippen LogP contribution in [0.5, 0.6) is 0 Å². The van der Waals surface area contributed by atoms with Gasteiger partial charge in [0.2, 0.25) is 0 Å². The van der Waals surface area contributed by atoms with Crippen molar-refractivity contribution in [1.29, 1.82) is 0 Å². The zero-order chi connectivity index (χ0) is 14.0. The second-order valence-electron chi connectivity index (χ2n) is 6.64. The van der Waals surface area contributed by atoms with Crippen molar-refractivity contribution in [2.24, 2.45) is 11.8 Å². The molecule has 3 N–H and O–H groups in total. The summed E-state index contributed by atoms with van der Waals surface area (Å²) in [6.45, 7) is 0. The van der Waals surface area contributed by atoms with Crippen LogP contribution in [-0.2, 0) is 5.60 Å². The van der Waals surface area contributed by atoms with E-state index in [4.69, 9.17) is 5.73 Å². The normalized spacial score (nSPS) is 32.1. The molecule has 1 heterocycles. The Morgan fingerprint density at radius 3 is 2.60 bits per heavy atom. The standard InChI is InChI=1S/C17H26N2O/c18-16-9-11-19-12-15(16)17(20)10-5-4-8-14(17)13-6-2-1-3-7-13/h9,11-14,20H,1-8,10H2,(H2,18,19). The fourth-order valence-corrected chi connectivity index (χ4v) is 4.45. The summed E-state index contributed by atoms with van der Waals surface area (Å²) in [6, 6.07) is 1.82. The van der Waals surface area contributed by atoms with Crippen LogP contribution in [0.25, 0.3) is 0 Å². The van der Waals surface area contributed by atoms with Crippen molar-refractivity contribution in [1.82, 2.24) is 4.98 Å². The summed E-state index contributed by atoms with van der Waals surface area (Å²) < 4.78 is 0. The summed E-state index contributed by atoms with van der Waals surface area (Å²) in [7, 11) is 0. The van der Waals surface area contributed by atoms with E-state index >= 15 is 0 Å². The second-order valence-corrected chi connectivity index (χ2v) is 6.64. The summed E-state index contributed by atoms with van der Waals surface area (Å²) in [5.41, 5.74) is 6.95. The molecule has 2 unspecified atom stereocenters. The van der Waals surface area contributed by atoms with Crippen LogP contribution in [0.15, 0.2) is 18.5 Å². The predicted molar refractivity (Wildman–Crippen MR) is 81.1 cm³/mol. The molecule has 3 nitrogen and oxygen atoms in total. The summed E-state index contributed by atoms with van der Waals surface area (Å²) in [4.78, 5) is 4.21. The SMILES string of the molecule is Nc1ccncc1C1(O)CCCCC1C1CCCCC1. The third kappa shape index (κ3) is 2.44. The van der Waals surface area contributed by atoms with Gasteiger partial charge in [0.15, 0.2) is 0 Å². The van der Waals surface area contributed by atoms with E-state index in [1.54, 1.807) is 12.4 Å². The molecule has 0 spiro atoms. The van der Waals surface area contributed by atoms with E-state index in [2.05, 4.69) is 4.98 Å². The number of aliphatic hydroxyl groups is 1. The average Bonchev–Trinajstić information content (AvgIpc) is 2.49. The van der Waals surface area contributed by atoms with Gasteiger partial charge in [0.25, 0.3) is 0 Å². The molecular weight excluding hydrogens is 248 g/mol. The fourth-order valence-electron chi connectivity index (χ4n) is 4.45. The zero-order valence-corrected chi connectivity index (χ0v) is 12.2. The Labute approximate surface area is 121 Å². The van der Waals surface area contributed by atoms with Crippen LogP contribution in [0.2, 0.25) is 0 Å². The van der Waals surface area contributed by atoms with Gasteiger partial charge in [-0.25, -0.2) is 0 Å². The number of anilines is 1. The van der Waals surface area contributed by atoms with Gasteiger partial charge >= 0.3 is 0 Å². The Balaban J connectivity index is 1.92. The monoisotopic (exact) mass is 274 g/mol. The molecule has 0 radical (unpaired) electrons. The van der Waals surface area contributed by atoms with Crippen molar-refractivity contribution in [3.63, 3.8) is 0 Å². The van der Waals surface area contributed by atoms with Crippen molar-refractivity contribution >= 4 is 5.69 Å². The molecule has 2 atom stereocenters. The molecule has 0 bridgehead atoms. The Hall–Kier alpha value is -1.09. The van der Waals surface area contributed by atoms with Crippen LogP contribution >= 0.6 is 0 Å². The van der Waals surface area contributed by atoms with Crippen LogP contribution in [-0.4, -0.2) is 10.1 Å². The molecule has 20 heavy (non-hydrogen) atoms. The first-order valence-electron chi connectivity index (χ1n) is 8.14. The van der Waals surface area contributed by atoms with Crippen molar-refractivity contribution < 1.29 is 5.11 Å². The number of hydrogen-bond donors (Lipinski definition) is 2. The maximum Gasteiger partial charge on any atom is 0.0962 e. The minimum absolute atomic E-state index is 0.364. The lowest BCUT2D eigenvalue weighted by Gasteiger charge is -2.45.